The molecule has 10 aromatic rings. The molecular formula is C64H50N4O8S2. The lowest BCUT2D eigenvalue weighted by Crippen LogP contribution is -2.19. The number of carbonyl (C=O) groups excluding carboxylic acids is 3. The fourth-order valence-corrected chi connectivity index (χ4v) is 11.6. The lowest BCUT2D eigenvalue weighted by atomic mass is 9.93. The number of hydrogen-bond acceptors (Lipinski definition) is 11. The maximum Gasteiger partial charge on any atom is 0.412 e. The van der Waals surface area contributed by atoms with Crippen molar-refractivity contribution in [1.29, 1.82) is 0 Å². The predicted octanol–water partition coefficient (Wildman–Crippen LogP) is 15.4. The van der Waals surface area contributed by atoms with Crippen LogP contribution >= 0.6 is 22.7 Å². The number of benzene rings is 6. The first kappa shape index (κ1) is 51.0. The van der Waals surface area contributed by atoms with Crippen LogP contribution in [0.2, 0.25) is 0 Å². The second-order valence-electron chi connectivity index (χ2n) is 19.3. The summed E-state index contributed by atoms with van der Waals surface area (Å²) in [4.78, 5) is 60.5. The van der Waals surface area contributed by atoms with Crippen LogP contribution in [-0.4, -0.2) is 39.7 Å². The molecule has 0 aliphatic heterocycles. The molecule has 0 radical (unpaired) electrons. The molecule has 2 saturated carbocycles. The van der Waals surface area contributed by atoms with Crippen molar-refractivity contribution in [3.05, 3.63) is 215 Å². The van der Waals surface area contributed by atoms with E-state index in [4.69, 9.17) is 14.2 Å². The molecule has 386 valence electrons. The topological polar surface area (TPSA) is 166 Å². The molecule has 0 saturated heterocycles. The molecule has 0 bridgehead atoms. The number of ether oxygens (including phenoxy) is 3. The van der Waals surface area contributed by atoms with Crippen LogP contribution in [0.1, 0.15) is 84.4 Å². The predicted molar refractivity (Wildman–Crippen MR) is 307 cm³/mol. The number of hydrogen-bond donors (Lipinski definition) is 3. The Morgan fingerprint density at radius 1 is 0.590 bits per heavy atom. The Kier molecular flexibility index (Phi) is 14.3. The van der Waals surface area contributed by atoms with Crippen LogP contribution in [0, 0.1) is 11.8 Å². The number of amides is 2. The van der Waals surface area contributed by atoms with Crippen molar-refractivity contribution in [3.8, 4) is 33.4 Å². The number of rotatable bonds is 13. The highest BCUT2D eigenvalue weighted by atomic mass is 32.1. The van der Waals surface area contributed by atoms with E-state index in [1.165, 1.54) is 22.7 Å². The molecule has 2 fully saturated rings. The third-order valence-corrected chi connectivity index (χ3v) is 16.4. The first-order chi connectivity index (χ1) is 38.0. The van der Waals surface area contributed by atoms with Crippen molar-refractivity contribution in [2.24, 2.45) is 0 Å². The fourth-order valence-electron chi connectivity index (χ4n) is 9.54. The second-order valence-corrected chi connectivity index (χ2v) is 21.3. The molecule has 0 spiro atoms. The summed E-state index contributed by atoms with van der Waals surface area (Å²) < 4.78 is 16.7. The van der Waals surface area contributed by atoms with Gasteiger partial charge in [-0.05, 0) is 138 Å². The first-order valence-corrected chi connectivity index (χ1v) is 27.1. The van der Waals surface area contributed by atoms with Gasteiger partial charge < -0.3 is 19.3 Å². The van der Waals surface area contributed by atoms with Gasteiger partial charge in [0.1, 0.15) is 32.3 Å². The third kappa shape index (κ3) is 10.8. The van der Waals surface area contributed by atoms with E-state index in [2.05, 4.69) is 38.5 Å². The van der Waals surface area contributed by atoms with E-state index < -0.39 is 41.4 Å². The number of pyridine rings is 2. The largest absolute Gasteiger partial charge is 0.481 e. The van der Waals surface area contributed by atoms with E-state index in [9.17, 15) is 24.3 Å². The van der Waals surface area contributed by atoms with E-state index >= 15 is 0 Å². The summed E-state index contributed by atoms with van der Waals surface area (Å²) in [5.74, 6) is 5.73. The van der Waals surface area contributed by atoms with Gasteiger partial charge in [-0.2, -0.15) is 0 Å². The first-order valence-electron chi connectivity index (χ1n) is 25.4. The highest BCUT2D eigenvalue weighted by Crippen LogP contribution is 2.50. The van der Waals surface area contributed by atoms with Gasteiger partial charge in [0.15, 0.2) is 0 Å². The Morgan fingerprint density at radius 2 is 1.12 bits per heavy atom. The lowest BCUT2D eigenvalue weighted by Gasteiger charge is -2.15. The maximum absolute atomic E-state index is 12.9. The van der Waals surface area contributed by atoms with Crippen molar-refractivity contribution in [1.82, 2.24) is 9.97 Å². The van der Waals surface area contributed by atoms with E-state index in [0.29, 0.717) is 35.6 Å². The van der Waals surface area contributed by atoms with Crippen LogP contribution in [-0.2, 0) is 34.8 Å². The van der Waals surface area contributed by atoms with Crippen LogP contribution < -0.4 is 10.6 Å². The Balaban J connectivity index is 0.000000165. The van der Waals surface area contributed by atoms with E-state index in [0.717, 1.165) is 93.4 Å². The number of nitrogens with zero attached hydrogens (tertiary/aromatic N) is 2. The number of carboxylic acids is 1. The van der Waals surface area contributed by atoms with Crippen LogP contribution in [0.5, 0.6) is 0 Å². The molecule has 0 unspecified atom stereocenters. The third-order valence-electron chi connectivity index (χ3n) is 14.2. The van der Waals surface area contributed by atoms with Gasteiger partial charge in [-0.25, -0.2) is 19.6 Å². The standard InChI is InChI=1S/C32H24N2O4S.C32H26N2O4S/c1-21(23-6-3-2-4-7-23)38-31(36)34-29-27-8-5-17-33-30(27)39-28(29)14-10-22-9-11-25-19-26(13-12-24(25)18-22)32(15-16-32)37-20-35;1-20(21-6-3-2-4-7-21)38-31(37)34-27-26-8-5-19-33-29(26)39-28(27)24-11-9-22(10-12-24)23-13-15-25(16-14-23)32(17-18-32)30(35)36/h2-9,11-13,17-21H,15-16H2,1H3,(H,34,36);2-16,19-20H,17-18H2,1H3,(H,34,37)(H,35,36)/t21-;20-/m11/s1. The van der Waals surface area contributed by atoms with Crippen molar-refractivity contribution in [2.45, 2.75) is 62.8 Å². The molecular weight excluding hydrogens is 1020 g/mol. The Labute approximate surface area is 457 Å². The van der Waals surface area contributed by atoms with Crippen molar-refractivity contribution < 1.29 is 38.5 Å². The quantitative estimate of drug-likeness (QED) is 0.0575. The zero-order chi connectivity index (χ0) is 53.8. The van der Waals surface area contributed by atoms with Crippen LogP contribution in [0.4, 0.5) is 21.0 Å². The summed E-state index contributed by atoms with van der Waals surface area (Å²) >= 11 is 2.94. The number of thiophene rings is 2. The number of carbonyl (C=O) groups is 4. The molecule has 14 heteroatoms. The molecule has 6 aromatic carbocycles. The average Bonchev–Trinajstić information content (AvgIpc) is 4.47. The highest BCUT2D eigenvalue weighted by Gasteiger charge is 2.51. The van der Waals surface area contributed by atoms with Gasteiger partial charge in [0.25, 0.3) is 6.47 Å². The normalized spacial score (nSPS) is 14.3. The van der Waals surface area contributed by atoms with Crippen LogP contribution in [0.25, 0.3) is 52.8 Å². The minimum atomic E-state index is -0.750. The Hall–Kier alpha value is -9.16. The molecule has 2 aliphatic carbocycles. The summed E-state index contributed by atoms with van der Waals surface area (Å²) in [6.45, 7) is 4.22. The van der Waals surface area contributed by atoms with E-state index in [1.54, 1.807) is 12.4 Å². The number of aliphatic carboxylic acids is 1. The Bertz CT molecular complexity index is 3940. The highest BCUT2D eigenvalue weighted by molar-refractivity contribution is 7.22. The van der Waals surface area contributed by atoms with E-state index in [1.807, 2.05) is 178 Å². The fraction of sp³-hybridized carbons (Fsp3) is 0.156. The molecule has 78 heavy (non-hydrogen) atoms. The molecule has 3 N–H and O–H groups in total. The van der Waals surface area contributed by atoms with Crippen molar-refractivity contribution in [3.63, 3.8) is 0 Å². The zero-order valence-corrected chi connectivity index (χ0v) is 44.0. The summed E-state index contributed by atoms with van der Waals surface area (Å²) in [5.41, 5.74) is 7.64. The molecule has 4 heterocycles. The molecule has 4 aromatic heterocycles. The van der Waals surface area contributed by atoms with Gasteiger partial charge in [0.05, 0.1) is 21.7 Å². The number of nitrogens with one attached hydrogen (secondary N) is 2. The molecule has 2 amide bonds. The van der Waals surface area contributed by atoms with Crippen LogP contribution in [0.3, 0.4) is 0 Å². The monoisotopic (exact) mass is 1070 g/mol. The summed E-state index contributed by atoms with van der Waals surface area (Å²) in [5, 5.41) is 19.2. The average molecular weight is 1070 g/mol. The van der Waals surface area contributed by atoms with E-state index in [-0.39, 0.29) is 0 Å². The SMILES string of the molecule is C[C@@H](OC(=O)Nc1c(-c2ccc(-c3ccc(C4(C(=O)O)CC4)cc3)cc2)sc2ncccc12)c1ccccc1.C[C@@H](OC(=O)Nc1c(C#Cc2ccc3cc(C4(OC=O)CC4)ccc3c2)sc2ncccc12)c1ccccc1. The van der Waals surface area contributed by atoms with Crippen molar-refractivity contribution >= 4 is 89.9 Å². The molecule has 2 atom stereocenters. The number of aromatic nitrogens is 2. The maximum atomic E-state index is 12.9. The van der Waals surface area contributed by atoms with Gasteiger partial charge >= 0.3 is 18.2 Å². The molecule has 12 nitrogen and oxygen atoms in total. The van der Waals surface area contributed by atoms with Gasteiger partial charge in [-0.3, -0.25) is 20.2 Å². The summed E-state index contributed by atoms with van der Waals surface area (Å²) in [6, 6.07) is 54.8. The van der Waals surface area contributed by atoms with Gasteiger partial charge in [0.2, 0.25) is 0 Å². The Morgan fingerprint density at radius 3 is 1.69 bits per heavy atom. The van der Waals surface area contributed by atoms with Crippen molar-refractivity contribution in [2.75, 3.05) is 10.6 Å². The zero-order valence-electron chi connectivity index (χ0n) is 42.4. The van der Waals surface area contributed by atoms with Gasteiger partial charge in [-0.1, -0.05) is 133 Å². The summed E-state index contributed by atoms with van der Waals surface area (Å²) in [7, 11) is 0. The van der Waals surface area contributed by atoms with Crippen LogP contribution in [0.15, 0.2) is 182 Å². The number of anilines is 2. The molecule has 2 aliphatic rings. The number of fused-ring (bicyclic) bond motifs is 3. The smallest absolute Gasteiger partial charge is 0.412 e. The minimum absolute atomic E-state index is 0.395. The van der Waals surface area contributed by atoms with Gasteiger partial charge in [0, 0.05) is 28.7 Å². The summed E-state index contributed by atoms with van der Waals surface area (Å²) in [6.07, 6.45) is 4.67. The molecule has 12 rings (SSSR count). The lowest BCUT2D eigenvalue weighted by molar-refractivity contribution is -0.140. The number of carboxylic acid groups (broad SMARTS) is 1. The second kappa shape index (κ2) is 21.8. The van der Waals surface area contributed by atoms with Gasteiger partial charge in [-0.15, -0.1) is 22.7 Å². The minimum Gasteiger partial charge on any atom is -0.481 e.